The summed E-state index contributed by atoms with van der Waals surface area (Å²) in [7, 11) is 0. The van der Waals surface area contributed by atoms with Gasteiger partial charge < -0.3 is 5.11 Å². The summed E-state index contributed by atoms with van der Waals surface area (Å²) < 4.78 is 25.4. The fourth-order valence-corrected chi connectivity index (χ4v) is 0.920. The molecule has 0 saturated carbocycles. The molecule has 1 rings (SSSR count). The first-order valence-electron chi connectivity index (χ1n) is 3.87. The maximum Gasteiger partial charge on any atom is 0.168 e. The van der Waals surface area contributed by atoms with Gasteiger partial charge in [0.15, 0.2) is 17.3 Å². The summed E-state index contributed by atoms with van der Waals surface area (Å²) in [5.74, 6) is -2.78. The van der Waals surface area contributed by atoms with Gasteiger partial charge in [0.05, 0.1) is 0 Å². The van der Waals surface area contributed by atoms with Crippen LogP contribution >= 0.6 is 0 Å². The molecule has 0 aliphatic carbocycles. The maximum absolute atomic E-state index is 12.8. The summed E-state index contributed by atoms with van der Waals surface area (Å²) in [6.07, 6.45) is 2.28. The van der Waals surface area contributed by atoms with E-state index in [1.807, 2.05) is 0 Å². The van der Waals surface area contributed by atoms with E-state index in [4.69, 9.17) is 5.11 Å². The highest BCUT2D eigenvalue weighted by atomic mass is 19.1. The summed E-state index contributed by atoms with van der Waals surface area (Å²) >= 11 is 0. The zero-order valence-corrected chi connectivity index (χ0v) is 7.42. The maximum atomic E-state index is 12.8. The van der Waals surface area contributed by atoms with Crippen molar-refractivity contribution >= 4 is 11.9 Å². The van der Waals surface area contributed by atoms with Crippen molar-refractivity contribution in [2.45, 2.75) is 6.92 Å². The second-order valence-electron chi connectivity index (χ2n) is 2.77. The van der Waals surface area contributed by atoms with Gasteiger partial charge in [-0.25, -0.2) is 8.78 Å². The van der Waals surface area contributed by atoms with Gasteiger partial charge in [-0.15, -0.1) is 0 Å². The van der Waals surface area contributed by atoms with Crippen LogP contribution in [0.4, 0.5) is 8.78 Å². The van der Waals surface area contributed by atoms with Gasteiger partial charge in [-0.05, 0) is 25.1 Å². The van der Waals surface area contributed by atoms with Crippen LogP contribution in [0, 0.1) is 11.6 Å². The zero-order chi connectivity index (χ0) is 10.7. The van der Waals surface area contributed by atoms with Crippen LogP contribution in [0.2, 0.25) is 0 Å². The van der Waals surface area contributed by atoms with Crippen LogP contribution in [0.3, 0.4) is 0 Å². The second-order valence-corrected chi connectivity index (χ2v) is 2.77. The Balaban J connectivity index is 3.14. The van der Waals surface area contributed by atoms with E-state index < -0.39 is 17.4 Å². The Morgan fingerprint density at radius 2 is 2.07 bits per heavy atom. The lowest BCUT2D eigenvalue weighted by molar-refractivity contribution is -0.112. The highest BCUT2D eigenvalue weighted by Gasteiger charge is 2.07. The first kappa shape index (κ1) is 10.4. The second kappa shape index (κ2) is 4.00. The average molecular weight is 198 g/mol. The minimum Gasteiger partial charge on any atom is -0.504 e. The van der Waals surface area contributed by atoms with Crippen LogP contribution in [0.15, 0.2) is 18.2 Å². The van der Waals surface area contributed by atoms with Gasteiger partial charge >= 0.3 is 0 Å². The fourth-order valence-electron chi connectivity index (χ4n) is 0.920. The van der Waals surface area contributed by atoms with E-state index in [2.05, 4.69) is 0 Å². The summed E-state index contributed by atoms with van der Waals surface area (Å²) in [4.78, 5) is 10.5. The molecule has 0 bridgehead atoms. The Kier molecular flexibility index (Phi) is 2.96. The van der Waals surface area contributed by atoms with Crippen LogP contribution in [-0.2, 0) is 4.79 Å². The van der Waals surface area contributed by atoms with Crippen LogP contribution < -0.4 is 0 Å². The number of phenols is 1. The van der Waals surface area contributed by atoms with Crippen LogP contribution in [0.1, 0.15) is 12.5 Å². The molecular formula is C10H8F2O2. The van der Waals surface area contributed by atoms with Gasteiger partial charge in [0.1, 0.15) is 5.82 Å². The summed E-state index contributed by atoms with van der Waals surface area (Å²) in [5.41, 5.74) is -0.0577. The number of allylic oxidation sites excluding steroid dienone is 1. The van der Waals surface area contributed by atoms with Crippen molar-refractivity contribution in [2.75, 3.05) is 0 Å². The molecule has 0 aliphatic heterocycles. The number of halogens is 2. The lowest BCUT2D eigenvalue weighted by atomic mass is 10.1. The molecule has 1 aromatic rings. The minimum absolute atomic E-state index is 0.0577. The van der Waals surface area contributed by atoms with Crippen molar-refractivity contribution in [3.63, 3.8) is 0 Å². The van der Waals surface area contributed by atoms with E-state index in [0.717, 1.165) is 18.2 Å². The van der Waals surface area contributed by atoms with E-state index in [1.165, 1.54) is 6.92 Å². The predicted molar refractivity (Wildman–Crippen MR) is 47.7 cm³/mol. The quantitative estimate of drug-likeness (QED) is 0.740. The topological polar surface area (TPSA) is 37.3 Å². The Morgan fingerprint density at radius 3 is 2.64 bits per heavy atom. The average Bonchev–Trinajstić information content (AvgIpc) is 2.08. The number of ketones is 1. The van der Waals surface area contributed by atoms with Gasteiger partial charge in [0, 0.05) is 11.6 Å². The normalized spacial score (nSPS) is 10.8. The monoisotopic (exact) mass is 198 g/mol. The molecule has 74 valence electrons. The van der Waals surface area contributed by atoms with E-state index in [-0.39, 0.29) is 11.3 Å². The number of hydrogen-bond acceptors (Lipinski definition) is 2. The number of rotatable bonds is 2. The van der Waals surface area contributed by atoms with Gasteiger partial charge in [-0.2, -0.15) is 0 Å². The number of carbonyl (C=O) groups excluding carboxylic acids is 1. The molecule has 0 heterocycles. The third-order valence-electron chi connectivity index (χ3n) is 1.56. The molecule has 0 unspecified atom stereocenters. The molecule has 0 aliphatic rings. The third kappa shape index (κ3) is 2.39. The predicted octanol–water partition coefficient (Wildman–Crippen LogP) is 2.27. The zero-order valence-electron chi connectivity index (χ0n) is 7.42. The van der Waals surface area contributed by atoms with E-state index in [1.54, 1.807) is 0 Å². The molecule has 1 N–H and O–H groups in total. The smallest absolute Gasteiger partial charge is 0.168 e. The van der Waals surface area contributed by atoms with Gasteiger partial charge in [-0.1, -0.05) is 0 Å². The number of benzene rings is 1. The van der Waals surface area contributed by atoms with Gasteiger partial charge in [0.25, 0.3) is 0 Å². The molecule has 0 atom stereocenters. The third-order valence-corrected chi connectivity index (χ3v) is 1.56. The Morgan fingerprint density at radius 1 is 1.43 bits per heavy atom. The first-order valence-corrected chi connectivity index (χ1v) is 3.87. The van der Waals surface area contributed by atoms with Gasteiger partial charge in [0.2, 0.25) is 0 Å². The van der Waals surface area contributed by atoms with Crippen molar-refractivity contribution in [1.29, 1.82) is 0 Å². The van der Waals surface area contributed by atoms with Crippen molar-refractivity contribution < 1.29 is 18.7 Å². The molecule has 0 fully saturated rings. The fraction of sp³-hybridized carbons (Fsp3) is 0.100. The Labute approximate surface area is 79.5 Å². The molecular weight excluding hydrogens is 190 g/mol. The molecule has 0 aromatic heterocycles. The Hall–Kier alpha value is -1.71. The molecule has 2 nitrogen and oxygen atoms in total. The molecule has 1 aromatic carbocycles. The van der Waals surface area contributed by atoms with Crippen LogP contribution in [0.5, 0.6) is 5.75 Å². The highest BCUT2D eigenvalue weighted by Crippen LogP contribution is 2.23. The first-order chi connectivity index (χ1) is 6.50. The summed E-state index contributed by atoms with van der Waals surface area (Å²) in [6, 6.07) is 1.51. The van der Waals surface area contributed by atoms with E-state index >= 15 is 0 Å². The lowest BCUT2D eigenvalue weighted by Gasteiger charge is -2.00. The number of phenolic OH excluding ortho intramolecular Hbond substituents is 1. The molecule has 14 heavy (non-hydrogen) atoms. The summed E-state index contributed by atoms with van der Waals surface area (Å²) in [5, 5.41) is 9.13. The van der Waals surface area contributed by atoms with Crippen molar-refractivity contribution in [2.24, 2.45) is 0 Å². The number of hydrogen-bond donors (Lipinski definition) is 1. The van der Waals surface area contributed by atoms with Crippen molar-refractivity contribution in [1.82, 2.24) is 0 Å². The number of carbonyl (C=O) groups is 1. The highest BCUT2D eigenvalue weighted by molar-refractivity contribution is 5.91. The van der Waals surface area contributed by atoms with Crippen LogP contribution in [-0.4, -0.2) is 10.9 Å². The Bertz CT molecular complexity index is 397. The molecule has 0 amide bonds. The SMILES string of the molecule is CC(=O)/C=C/c1cc(F)cc(F)c1O. The molecule has 0 spiro atoms. The lowest BCUT2D eigenvalue weighted by Crippen LogP contribution is -1.86. The van der Waals surface area contributed by atoms with Crippen molar-refractivity contribution in [3.05, 3.63) is 35.4 Å². The van der Waals surface area contributed by atoms with Crippen LogP contribution in [0.25, 0.3) is 6.08 Å². The van der Waals surface area contributed by atoms with E-state index in [9.17, 15) is 13.6 Å². The standard InChI is InChI=1S/C10H8F2O2/c1-6(13)2-3-7-4-8(11)5-9(12)10(7)14/h2-5,14H,1H3/b3-2+. The van der Waals surface area contributed by atoms with E-state index in [0.29, 0.717) is 6.07 Å². The minimum atomic E-state index is -1.05. The van der Waals surface area contributed by atoms with Gasteiger partial charge in [-0.3, -0.25) is 4.79 Å². The largest absolute Gasteiger partial charge is 0.504 e. The number of aromatic hydroxyl groups is 1. The molecule has 4 heteroatoms. The van der Waals surface area contributed by atoms with Crippen molar-refractivity contribution in [3.8, 4) is 5.75 Å². The molecule has 0 radical (unpaired) electrons. The molecule has 0 saturated heterocycles. The summed E-state index contributed by atoms with van der Waals surface area (Å²) in [6.45, 7) is 1.29.